The number of hydrogen-bond donors (Lipinski definition) is 0. The summed E-state index contributed by atoms with van der Waals surface area (Å²) in [5.74, 6) is 3.19. The van der Waals surface area contributed by atoms with Crippen LogP contribution in [0.1, 0.15) is 130 Å². The van der Waals surface area contributed by atoms with Crippen LogP contribution in [0, 0.1) is 17.8 Å². The molecule has 0 radical (unpaired) electrons. The van der Waals surface area contributed by atoms with Crippen molar-refractivity contribution in [2.24, 2.45) is 17.8 Å². The summed E-state index contributed by atoms with van der Waals surface area (Å²) in [5.41, 5.74) is 0. The van der Waals surface area contributed by atoms with E-state index in [-0.39, 0.29) is 0 Å². The number of carbonyl (C=O) groups excluding carboxylic acids is 1. The van der Waals surface area contributed by atoms with Gasteiger partial charge in [-0.3, -0.25) is 4.79 Å². The molecule has 0 saturated heterocycles. The Morgan fingerprint density at radius 2 is 1.45 bits per heavy atom. The van der Waals surface area contributed by atoms with E-state index in [1.54, 1.807) is 0 Å². The topological polar surface area (TPSA) is 17.1 Å². The molecule has 0 aromatic rings. The van der Waals surface area contributed by atoms with Crippen molar-refractivity contribution in [3.8, 4) is 0 Å². The molecule has 178 valence electrons. The maximum atomic E-state index is 11.8. The highest BCUT2D eigenvalue weighted by Gasteiger charge is 2.22. The molecule has 0 spiro atoms. The molecule has 1 aliphatic carbocycles. The molecule has 0 N–H and O–H groups in total. The highest BCUT2D eigenvalue weighted by atomic mass is 16.1. The van der Waals surface area contributed by atoms with Crippen molar-refractivity contribution in [3.05, 3.63) is 36.5 Å². The second kappa shape index (κ2) is 19.6. The molecule has 1 aliphatic rings. The number of unbranched alkanes of at least 4 members (excludes halogenated alkanes) is 3. The lowest BCUT2D eigenvalue weighted by atomic mass is 9.97. The lowest BCUT2D eigenvalue weighted by Gasteiger charge is -2.08. The second-order valence-electron chi connectivity index (χ2n) is 9.99. The Hall–Kier alpha value is -1.11. The maximum Gasteiger partial charge on any atom is 0.132 e. The zero-order chi connectivity index (χ0) is 22.6. The van der Waals surface area contributed by atoms with Crippen molar-refractivity contribution >= 4 is 5.78 Å². The third-order valence-electron chi connectivity index (χ3n) is 7.07. The minimum atomic E-state index is 0.467. The minimum absolute atomic E-state index is 0.467. The number of rotatable bonds is 19. The van der Waals surface area contributed by atoms with E-state index in [1.807, 2.05) is 0 Å². The predicted octanol–water partition coefficient (Wildman–Crippen LogP) is 9.78. The van der Waals surface area contributed by atoms with Crippen LogP contribution in [-0.4, -0.2) is 5.78 Å². The Morgan fingerprint density at radius 3 is 2.13 bits per heavy atom. The van der Waals surface area contributed by atoms with Gasteiger partial charge < -0.3 is 0 Å². The van der Waals surface area contributed by atoms with E-state index in [1.165, 1.54) is 64.2 Å². The summed E-state index contributed by atoms with van der Waals surface area (Å²) in [5, 5.41) is 0. The van der Waals surface area contributed by atoms with Crippen LogP contribution in [0.2, 0.25) is 0 Å². The molecule has 3 unspecified atom stereocenters. The maximum absolute atomic E-state index is 11.8. The first-order chi connectivity index (χ1) is 15.2. The zero-order valence-electron chi connectivity index (χ0n) is 21.1. The van der Waals surface area contributed by atoms with Gasteiger partial charge in [-0.1, -0.05) is 95.8 Å². The number of ketones is 1. The summed E-state index contributed by atoms with van der Waals surface area (Å²) in [6.45, 7) is 6.77. The van der Waals surface area contributed by atoms with Crippen LogP contribution in [0.4, 0.5) is 0 Å². The Bertz CT molecular complexity index is 513. The summed E-state index contributed by atoms with van der Waals surface area (Å²) in [7, 11) is 0. The summed E-state index contributed by atoms with van der Waals surface area (Å²) >= 11 is 0. The Morgan fingerprint density at radius 1 is 0.806 bits per heavy atom. The van der Waals surface area contributed by atoms with E-state index in [9.17, 15) is 4.79 Å². The van der Waals surface area contributed by atoms with Gasteiger partial charge in [0.2, 0.25) is 0 Å². The molecule has 0 bridgehead atoms. The Labute approximate surface area is 194 Å². The number of Topliss-reactive ketones (excluding diaryl/α,β-unsaturated/α-hetero) is 1. The lowest BCUT2D eigenvalue weighted by Crippen LogP contribution is -2.01. The van der Waals surface area contributed by atoms with Gasteiger partial charge in [0, 0.05) is 12.8 Å². The molecule has 0 aliphatic heterocycles. The Kier molecular flexibility index (Phi) is 17.6. The van der Waals surface area contributed by atoms with Crippen molar-refractivity contribution in [2.75, 3.05) is 0 Å². The molecule has 0 aromatic heterocycles. The summed E-state index contributed by atoms with van der Waals surface area (Å²) in [6.07, 6.45) is 34.4. The standard InChI is InChI=1S/C30H52O/c1-4-19-28-23-24-29(26-28)20-17-15-13-11-9-7-6-8-10-12-14-16-18-21-30(31)25-22-27(3)5-2/h7-10,13,15,27-29H,4-6,11-12,14,16-26H2,1-3H3/b9-7-,10-8-,15-13-. The molecule has 31 heavy (non-hydrogen) atoms. The van der Waals surface area contributed by atoms with E-state index < -0.39 is 0 Å². The minimum Gasteiger partial charge on any atom is -0.300 e. The van der Waals surface area contributed by atoms with Gasteiger partial charge >= 0.3 is 0 Å². The number of carbonyl (C=O) groups is 1. The van der Waals surface area contributed by atoms with Crippen molar-refractivity contribution in [3.63, 3.8) is 0 Å². The molecular weight excluding hydrogens is 376 g/mol. The molecule has 1 heteroatoms. The van der Waals surface area contributed by atoms with Gasteiger partial charge in [0.1, 0.15) is 5.78 Å². The largest absolute Gasteiger partial charge is 0.300 e. The summed E-state index contributed by atoms with van der Waals surface area (Å²) < 4.78 is 0. The van der Waals surface area contributed by atoms with Crippen LogP contribution in [0.5, 0.6) is 0 Å². The van der Waals surface area contributed by atoms with E-state index in [0.717, 1.165) is 56.8 Å². The van der Waals surface area contributed by atoms with E-state index >= 15 is 0 Å². The molecule has 1 saturated carbocycles. The first-order valence-electron chi connectivity index (χ1n) is 13.6. The van der Waals surface area contributed by atoms with Crippen LogP contribution in [0.15, 0.2) is 36.5 Å². The molecule has 0 aromatic carbocycles. The van der Waals surface area contributed by atoms with Crippen LogP contribution in [0.3, 0.4) is 0 Å². The van der Waals surface area contributed by atoms with Crippen LogP contribution in [-0.2, 0) is 4.79 Å². The van der Waals surface area contributed by atoms with Crippen LogP contribution < -0.4 is 0 Å². The monoisotopic (exact) mass is 428 g/mol. The first-order valence-corrected chi connectivity index (χ1v) is 13.6. The van der Waals surface area contributed by atoms with E-state index in [0.29, 0.717) is 11.7 Å². The molecule has 1 fully saturated rings. The fraction of sp³-hybridized carbons (Fsp3) is 0.767. The first kappa shape index (κ1) is 27.9. The van der Waals surface area contributed by atoms with Crippen LogP contribution in [0.25, 0.3) is 0 Å². The smallest absolute Gasteiger partial charge is 0.132 e. The van der Waals surface area contributed by atoms with E-state index in [2.05, 4.69) is 57.2 Å². The SMILES string of the molecule is CCCC1CCC(CC/C=C\C/C=C\C/C=C\CCCCCC(=O)CCC(C)CC)C1. The molecule has 0 amide bonds. The van der Waals surface area contributed by atoms with Crippen molar-refractivity contribution < 1.29 is 4.79 Å². The third kappa shape index (κ3) is 16.2. The molecule has 1 nitrogen and oxygen atoms in total. The lowest BCUT2D eigenvalue weighted by molar-refractivity contribution is -0.119. The summed E-state index contributed by atoms with van der Waals surface area (Å²) in [6, 6.07) is 0. The third-order valence-corrected chi connectivity index (χ3v) is 7.07. The van der Waals surface area contributed by atoms with Crippen LogP contribution >= 0.6 is 0 Å². The number of allylic oxidation sites excluding steroid dienone is 6. The van der Waals surface area contributed by atoms with Gasteiger partial charge in [-0.05, 0) is 75.5 Å². The van der Waals surface area contributed by atoms with Crippen molar-refractivity contribution in [1.82, 2.24) is 0 Å². The molecule has 0 heterocycles. The van der Waals surface area contributed by atoms with Gasteiger partial charge in [-0.2, -0.15) is 0 Å². The quantitative estimate of drug-likeness (QED) is 0.148. The molecular formula is C30H52O. The van der Waals surface area contributed by atoms with Gasteiger partial charge in [-0.15, -0.1) is 0 Å². The average Bonchev–Trinajstić information content (AvgIpc) is 3.22. The van der Waals surface area contributed by atoms with Crippen molar-refractivity contribution in [2.45, 2.75) is 130 Å². The second-order valence-corrected chi connectivity index (χ2v) is 9.99. The molecule has 1 rings (SSSR count). The fourth-order valence-electron chi connectivity index (χ4n) is 4.72. The zero-order valence-corrected chi connectivity index (χ0v) is 21.1. The van der Waals surface area contributed by atoms with Gasteiger partial charge in [0.25, 0.3) is 0 Å². The van der Waals surface area contributed by atoms with E-state index in [4.69, 9.17) is 0 Å². The fourth-order valence-corrected chi connectivity index (χ4v) is 4.72. The van der Waals surface area contributed by atoms with Gasteiger partial charge in [0.15, 0.2) is 0 Å². The van der Waals surface area contributed by atoms with Gasteiger partial charge in [-0.25, -0.2) is 0 Å². The van der Waals surface area contributed by atoms with Crippen molar-refractivity contribution in [1.29, 1.82) is 0 Å². The van der Waals surface area contributed by atoms with Gasteiger partial charge in [0.05, 0.1) is 0 Å². The number of hydrogen-bond acceptors (Lipinski definition) is 1. The Balaban J connectivity index is 1.89. The molecule has 3 atom stereocenters. The average molecular weight is 429 g/mol. The predicted molar refractivity (Wildman–Crippen MR) is 138 cm³/mol. The highest BCUT2D eigenvalue weighted by Crippen LogP contribution is 2.36. The normalized spacial score (nSPS) is 20.5. The summed E-state index contributed by atoms with van der Waals surface area (Å²) in [4.78, 5) is 11.8. The highest BCUT2D eigenvalue weighted by molar-refractivity contribution is 5.78.